The third kappa shape index (κ3) is 2.79. The van der Waals surface area contributed by atoms with Crippen molar-refractivity contribution < 1.29 is 4.42 Å². The van der Waals surface area contributed by atoms with Crippen LogP contribution in [0.3, 0.4) is 0 Å². The first kappa shape index (κ1) is 13.4. The second-order valence-corrected chi connectivity index (χ2v) is 5.98. The Morgan fingerprint density at radius 1 is 1.25 bits per heavy atom. The topological polar surface area (TPSA) is 25.2 Å². The van der Waals surface area contributed by atoms with Gasteiger partial charge in [0.05, 0.1) is 6.04 Å². The molecule has 104 valence electrons. The molecule has 3 heteroatoms. The third-order valence-electron chi connectivity index (χ3n) is 3.68. The summed E-state index contributed by atoms with van der Waals surface area (Å²) in [5.74, 6) is 1.03. The quantitative estimate of drug-likeness (QED) is 0.735. The molecule has 1 aromatic carbocycles. The minimum Gasteiger partial charge on any atom is -0.459 e. The lowest BCUT2D eigenvalue weighted by Gasteiger charge is -2.12. The summed E-state index contributed by atoms with van der Waals surface area (Å²) < 4.78 is 5.99. The number of furan rings is 1. The number of rotatable bonds is 5. The molecule has 1 atom stereocenters. The van der Waals surface area contributed by atoms with E-state index in [2.05, 4.69) is 53.3 Å². The Morgan fingerprint density at radius 2 is 2.15 bits per heavy atom. The Bertz CT molecular complexity index is 684. The van der Waals surface area contributed by atoms with E-state index < -0.39 is 0 Å². The van der Waals surface area contributed by atoms with E-state index in [0.29, 0.717) is 0 Å². The number of thiophene rings is 1. The van der Waals surface area contributed by atoms with Crippen molar-refractivity contribution in [2.24, 2.45) is 0 Å². The van der Waals surface area contributed by atoms with E-state index in [1.807, 2.05) is 7.05 Å². The number of fused-ring (bicyclic) bond motifs is 1. The molecular weight excluding hydrogens is 266 g/mol. The molecule has 0 aliphatic carbocycles. The van der Waals surface area contributed by atoms with Crippen LogP contribution < -0.4 is 5.32 Å². The van der Waals surface area contributed by atoms with E-state index >= 15 is 0 Å². The summed E-state index contributed by atoms with van der Waals surface area (Å²) in [6.45, 7) is 2.11. The maximum absolute atomic E-state index is 5.99. The molecule has 0 saturated heterocycles. The van der Waals surface area contributed by atoms with Gasteiger partial charge in [-0.25, -0.2) is 0 Å². The molecule has 2 aromatic heterocycles. The van der Waals surface area contributed by atoms with Gasteiger partial charge in [0.25, 0.3) is 0 Å². The molecule has 1 unspecified atom stereocenters. The smallest absolute Gasteiger partial charge is 0.134 e. The van der Waals surface area contributed by atoms with E-state index in [-0.39, 0.29) is 6.04 Å². The minimum absolute atomic E-state index is 0.266. The van der Waals surface area contributed by atoms with Crippen molar-refractivity contribution >= 4 is 22.3 Å². The summed E-state index contributed by atoms with van der Waals surface area (Å²) in [5, 5.41) is 8.91. The number of aryl methyl sites for hydroxylation is 2. The van der Waals surface area contributed by atoms with Crippen LogP contribution in [0.25, 0.3) is 11.0 Å². The highest BCUT2D eigenvalue weighted by Crippen LogP contribution is 2.27. The van der Waals surface area contributed by atoms with E-state index in [1.165, 1.54) is 16.5 Å². The zero-order valence-corrected chi connectivity index (χ0v) is 12.7. The van der Waals surface area contributed by atoms with E-state index in [9.17, 15) is 0 Å². The SMILES string of the molecule is CNC(CCc1ccsc1)c1cc2cc(C)ccc2o1. The van der Waals surface area contributed by atoms with Crippen LogP contribution >= 0.6 is 11.3 Å². The highest BCUT2D eigenvalue weighted by Gasteiger charge is 2.14. The van der Waals surface area contributed by atoms with Crippen LogP contribution in [-0.4, -0.2) is 7.05 Å². The Kier molecular flexibility index (Phi) is 3.90. The van der Waals surface area contributed by atoms with Crippen LogP contribution in [0, 0.1) is 6.92 Å². The number of benzene rings is 1. The number of hydrogen-bond donors (Lipinski definition) is 1. The van der Waals surface area contributed by atoms with E-state index in [1.54, 1.807) is 11.3 Å². The van der Waals surface area contributed by atoms with Gasteiger partial charge in [0.2, 0.25) is 0 Å². The molecule has 0 amide bonds. The standard InChI is InChI=1S/C17H19NOS/c1-12-3-6-16-14(9-12)10-17(19-16)15(18-2)5-4-13-7-8-20-11-13/h3,6-11,15,18H,4-5H2,1-2H3. The molecule has 0 radical (unpaired) electrons. The molecule has 0 aliphatic rings. The van der Waals surface area contributed by atoms with Crippen LogP contribution in [0.5, 0.6) is 0 Å². The van der Waals surface area contributed by atoms with Crippen molar-refractivity contribution in [3.05, 3.63) is 58.0 Å². The Morgan fingerprint density at radius 3 is 2.90 bits per heavy atom. The molecule has 0 saturated carbocycles. The maximum atomic E-state index is 5.99. The van der Waals surface area contributed by atoms with Crippen molar-refractivity contribution in [2.45, 2.75) is 25.8 Å². The Balaban J connectivity index is 1.79. The predicted octanol–water partition coefficient (Wildman–Crippen LogP) is 4.70. The largest absolute Gasteiger partial charge is 0.459 e. The Labute approximate surface area is 123 Å². The summed E-state index contributed by atoms with van der Waals surface area (Å²) in [5.41, 5.74) is 3.65. The predicted molar refractivity (Wildman–Crippen MR) is 85.4 cm³/mol. The van der Waals surface area contributed by atoms with Gasteiger partial charge in [-0.15, -0.1) is 0 Å². The molecule has 0 fully saturated rings. The molecule has 3 aromatic rings. The average Bonchev–Trinajstić information content (AvgIpc) is 3.08. The molecule has 0 aliphatic heterocycles. The molecule has 0 bridgehead atoms. The highest BCUT2D eigenvalue weighted by atomic mass is 32.1. The molecule has 1 N–H and O–H groups in total. The first-order valence-electron chi connectivity index (χ1n) is 6.94. The number of nitrogens with one attached hydrogen (secondary N) is 1. The molecule has 3 rings (SSSR count). The molecule has 20 heavy (non-hydrogen) atoms. The zero-order chi connectivity index (χ0) is 13.9. The van der Waals surface area contributed by atoms with E-state index in [0.717, 1.165) is 24.2 Å². The minimum atomic E-state index is 0.266. The van der Waals surface area contributed by atoms with Crippen molar-refractivity contribution in [1.82, 2.24) is 5.32 Å². The summed E-state index contributed by atoms with van der Waals surface area (Å²) in [7, 11) is 2.00. The first-order valence-corrected chi connectivity index (χ1v) is 7.89. The van der Waals surface area contributed by atoms with Gasteiger partial charge >= 0.3 is 0 Å². The summed E-state index contributed by atoms with van der Waals surface area (Å²) >= 11 is 1.76. The van der Waals surface area contributed by atoms with Crippen molar-refractivity contribution in [1.29, 1.82) is 0 Å². The van der Waals surface area contributed by atoms with Gasteiger partial charge in [-0.1, -0.05) is 11.6 Å². The van der Waals surface area contributed by atoms with Crippen molar-refractivity contribution in [2.75, 3.05) is 7.05 Å². The van der Waals surface area contributed by atoms with Gasteiger partial charge in [-0.05, 0) is 67.4 Å². The van der Waals surface area contributed by atoms with Crippen molar-refractivity contribution in [3.8, 4) is 0 Å². The average molecular weight is 285 g/mol. The fourth-order valence-electron chi connectivity index (χ4n) is 2.53. The van der Waals surface area contributed by atoms with Gasteiger partial charge < -0.3 is 9.73 Å². The third-order valence-corrected chi connectivity index (χ3v) is 4.42. The summed E-state index contributed by atoms with van der Waals surface area (Å²) in [4.78, 5) is 0. The van der Waals surface area contributed by atoms with Gasteiger partial charge in [-0.3, -0.25) is 0 Å². The van der Waals surface area contributed by atoms with Crippen LogP contribution in [0.2, 0.25) is 0 Å². The highest BCUT2D eigenvalue weighted by molar-refractivity contribution is 7.07. The summed E-state index contributed by atoms with van der Waals surface area (Å²) in [6, 6.07) is 10.9. The lowest BCUT2D eigenvalue weighted by atomic mass is 10.1. The van der Waals surface area contributed by atoms with Crippen LogP contribution in [-0.2, 0) is 6.42 Å². The van der Waals surface area contributed by atoms with Gasteiger partial charge in [0.15, 0.2) is 0 Å². The first-order chi connectivity index (χ1) is 9.76. The van der Waals surface area contributed by atoms with Crippen LogP contribution in [0.4, 0.5) is 0 Å². The summed E-state index contributed by atoms with van der Waals surface area (Å²) in [6.07, 6.45) is 2.12. The fourth-order valence-corrected chi connectivity index (χ4v) is 3.23. The second kappa shape index (κ2) is 5.81. The maximum Gasteiger partial charge on any atom is 0.134 e. The van der Waals surface area contributed by atoms with Gasteiger partial charge in [-0.2, -0.15) is 11.3 Å². The van der Waals surface area contributed by atoms with Crippen LogP contribution in [0.15, 0.2) is 45.5 Å². The fraction of sp³-hybridized carbons (Fsp3) is 0.294. The zero-order valence-electron chi connectivity index (χ0n) is 11.8. The number of hydrogen-bond acceptors (Lipinski definition) is 3. The van der Waals surface area contributed by atoms with Crippen molar-refractivity contribution in [3.63, 3.8) is 0 Å². The molecule has 2 heterocycles. The lowest BCUT2D eigenvalue weighted by Crippen LogP contribution is -2.16. The van der Waals surface area contributed by atoms with Gasteiger partial charge in [0, 0.05) is 5.39 Å². The monoisotopic (exact) mass is 285 g/mol. The molecule has 0 spiro atoms. The van der Waals surface area contributed by atoms with Gasteiger partial charge in [0.1, 0.15) is 11.3 Å². The molecular formula is C17H19NOS. The van der Waals surface area contributed by atoms with Crippen LogP contribution in [0.1, 0.15) is 29.3 Å². The normalized spacial score (nSPS) is 12.9. The lowest BCUT2D eigenvalue weighted by molar-refractivity contribution is 0.433. The molecule has 2 nitrogen and oxygen atoms in total. The van der Waals surface area contributed by atoms with E-state index in [4.69, 9.17) is 4.42 Å². The Hall–Kier alpha value is -1.58. The second-order valence-electron chi connectivity index (χ2n) is 5.20.